The predicted octanol–water partition coefficient (Wildman–Crippen LogP) is 6.73. The van der Waals surface area contributed by atoms with Gasteiger partial charge in [0.2, 0.25) is 11.7 Å². The van der Waals surface area contributed by atoms with Crippen LogP contribution in [0.25, 0.3) is 0 Å². The number of carbonyl (C=O) groups excluding carboxylic acids is 5. The van der Waals surface area contributed by atoms with Gasteiger partial charge >= 0.3 is 0 Å². The summed E-state index contributed by atoms with van der Waals surface area (Å²) in [6.07, 6.45) is 13.1. The highest BCUT2D eigenvalue weighted by molar-refractivity contribution is 7.90. The van der Waals surface area contributed by atoms with E-state index in [2.05, 4.69) is 26.3 Å². The second-order valence-electron chi connectivity index (χ2n) is 17.1. The topological polar surface area (TPSA) is 136 Å². The molecule has 280 valence electrons. The number of terminal acetylenes is 1. The molecule has 1 saturated heterocycles. The summed E-state index contributed by atoms with van der Waals surface area (Å²) in [5.74, 6) is -0.869. The maximum Gasteiger partial charge on any atom is 0.227 e. The average Bonchev–Trinajstić information content (AvgIpc) is 3.45. The van der Waals surface area contributed by atoms with Gasteiger partial charge in [0.25, 0.3) is 0 Å². The van der Waals surface area contributed by atoms with Gasteiger partial charge in [-0.25, -0.2) is 8.42 Å². The van der Waals surface area contributed by atoms with Crippen LogP contribution < -0.4 is 0 Å². The van der Waals surface area contributed by atoms with Gasteiger partial charge in [-0.2, -0.15) is 0 Å². The number of likely N-dealkylation sites (tertiary alicyclic amines) is 1. The molecule has 1 aromatic rings. The molecule has 2 aliphatic carbocycles. The molecular formula is C41H57NO8S. The third-order valence-corrected chi connectivity index (χ3v) is 13.6. The van der Waals surface area contributed by atoms with Crippen molar-refractivity contribution in [3.63, 3.8) is 0 Å². The Balaban J connectivity index is 1.54. The van der Waals surface area contributed by atoms with Gasteiger partial charge in [-0.3, -0.25) is 24.0 Å². The van der Waals surface area contributed by atoms with E-state index in [0.29, 0.717) is 31.6 Å². The number of hydrogen-bond donors (Lipinski definition) is 0. The monoisotopic (exact) mass is 723 g/mol. The van der Waals surface area contributed by atoms with Crippen molar-refractivity contribution < 1.29 is 36.8 Å². The van der Waals surface area contributed by atoms with Crippen molar-refractivity contribution in [2.75, 3.05) is 12.3 Å². The van der Waals surface area contributed by atoms with Crippen LogP contribution in [0, 0.1) is 52.3 Å². The molecule has 2 unspecified atom stereocenters. The number of allylic oxidation sites excluding steroid dienone is 1. The fraction of sp³-hybridized carbons (Fsp3) is 0.683. The van der Waals surface area contributed by atoms with Crippen LogP contribution in [0.1, 0.15) is 117 Å². The zero-order valence-corrected chi connectivity index (χ0v) is 32.0. The van der Waals surface area contributed by atoms with Crippen molar-refractivity contribution >= 4 is 38.9 Å². The third kappa shape index (κ3) is 9.77. The second-order valence-corrected chi connectivity index (χ2v) is 19.2. The van der Waals surface area contributed by atoms with Crippen LogP contribution in [-0.4, -0.2) is 60.7 Å². The molecule has 1 amide bonds. The van der Waals surface area contributed by atoms with Crippen LogP contribution in [0.4, 0.5) is 0 Å². The Morgan fingerprint density at radius 3 is 2.39 bits per heavy atom. The van der Waals surface area contributed by atoms with Crippen molar-refractivity contribution in [2.24, 2.45) is 39.9 Å². The number of amides is 1. The predicted molar refractivity (Wildman–Crippen MR) is 196 cm³/mol. The second kappa shape index (κ2) is 16.1. The summed E-state index contributed by atoms with van der Waals surface area (Å²) in [4.78, 5) is 70.3. The van der Waals surface area contributed by atoms with Crippen molar-refractivity contribution in [3.8, 4) is 12.3 Å². The molecule has 3 aliphatic rings. The summed E-state index contributed by atoms with van der Waals surface area (Å²) in [7, 11) is -3.58. The Kier molecular flexibility index (Phi) is 12.8. The Morgan fingerprint density at radius 1 is 1.12 bits per heavy atom. The van der Waals surface area contributed by atoms with Gasteiger partial charge in [0.1, 0.15) is 17.3 Å². The number of fused-ring (bicyclic) bond motifs is 1. The molecule has 1 aromatic heterocycles. The summed E-state index contributed by atoms with van der Waals surface area (Å²) in [5.41, 5.74) is -1.50. The molecule has 5 atom stereocenters. The molecule has 51 heavy (non-hydrogen) atoms. The lowest BCUT2D eigenvalue weighted by atomic mass is 9.70. The number of furan rings is 1. The van der Waals surface area contributed by atoms with Crippen molar-refractivity contribution in [3.05, 3.63) is 36.8 Å². The Bertz CT molecular complexity index is 1620. The van der Waals surface area contributed by atoms with Crippen LogP contribution in [0.3, 0.4) is 0 Å². The van der Waals surface area contributed by atoms with E-state index in [1.54, 1.807) is 23.1 Å². The molecule has 0 aromatic carbocycles. The minimum atomic E-state index is -3.58. The fourth-order valence-electron chi connectivity index (χ4n) is 8.90. The normalized spacial score (nSPS) is 23.4. The van der Waals surface area contributed by atoms with E-state index in [0.717, 1.165) is 19.3 Å². The maximum atomic E-state index is 14.6. The highest BCUT2D eigenvalue weighted by atomic mass is 32.2. The van der Waals surface area contributed by atoms with Gasteiger partial charge in [0.15, 0.2) is 21.4 Å². The highest BCUT2D eigenvalue weighted by Crippen LogP contribution is 2.65. The minimum Gasteiger partial charge on any atom is -0.468 e. The quantitative estimate of drug-likeness (QED) is 0.0871. The number of rotatable bonds is 19. The smallest absolute Gasteiger partial charge is 0.227 e. The molecule has 3 fully saturated rings. The number of piperidine rings is 1. The first-order valence-corrected chi connectivity index (χ1v) is 20.4. The zero-order valence-electron chi connectivity index (χ0n) is 31.2. The van der Waals surface area contributed by atoms with Crippen molar-refractivity contribution in [2.45, 2.75) is 123 Å². The van der Waals surface area contributed by atoms with E-state index < -0.39 is 50.1 Å². The molecule has 2 saturated carbocycles. The lowest BCUT2D eigenvalue weighted by Crippen LogP contribution is -2.51. The van der Waals surface area contributed by atoms with Gasteiger partial charge in [0, 0.05) is 50.5 Å². The molecule has 9 nitrogen and oxygen atoms in total. The minimum absolute atomic E-state index is 0.0212. The largest absolute Gasteiger partial charge is 0.468 e. The summed E-state index contributed by atoms with van der Waals surface area (Å²) in [5, 5.41) is 0. The summed E-state index contributed by atoms with van der Waals surface area (Å²) >= 11 is 0. The molecule has 0 spiro atoms. The van der Waals surface area contributed by atoms with Crippen LogP contribution in [0.2, 0.25) is 0 Å². The van der Waals surface area contributed by atoms with Gasteiger partial charge in [-0.05, 0) is 65.9 Å². The first kappa shape index (κ1) is 40.5. The van der Waals surface area contributed by atoms with Crippen LogP contribution in [0.5, 0.6) is 0 Å². The van der Waals surface area contributed by atoms with E-state index in [-0.39, 0.29) is 84.8 Å². The number of nitrogens with zero attached hydrogens (tertiary/aromatic N) is 1. The summed E-state index contributed by atoms with van der Waals surface area (Å²) in [6.45, 7) is 13.9. The van der Waals surface area contributed by atoms with E-state index in [1.807, 2.05) is 20.8 Å². The van der Waals surface area contributed by atoms with Gasteiger partial charge < -0.3 is 9.32 Å². The Labute approximate surface area is 304 Å². The van der Waals surface area contributed by atoms with Crippen LogP contribution >= 0.6 is 0 Å². The highest BCUT2D eigenvalue weighted by Gasteiger charge is 2.69. The number of hydrogen-bond acceptors (Lipinski definition) is 8. The number of Topliss-reactive ketones (excluding diaryl/α,β-unsaturated/α-hetero) is 4. The molecule has 10 heteroatoms. The Hall–Kier alpha value is -3.32. The number of carbonyl (C=O) groups is 5. The van der Waals surface area contributed by atoms with Gasteiger partial charge in [-0.1, -0.05) is 60.0 Å². The number of sulfone groups is 1. The first-order chi connectivity index (χ1) is 23.9. The van der Waals surface area contributed by atoms with Crippen molar-refractivity contribution in [1.29, 1.82) is 0 Å². The molecular weight excluding hydrogens is 667 g/mol. The summed E-state index contributed by atoms with van der Waals surface area (Å²) in [6, 6.07) is 2.52. The van der Waals surface area contributed by atoms with Crippen molar-refractivity contribution in [1.82, 2.24) is 4.90 Å². The average molecular weight is 724 g/mol. The molecule has 0 bridgehead atoms. The lowest BCUT2D eigenvalue weighted by molar-refractivity contribution is -0.148. The van der Waals surface area contributed by atoms with Gasteiger partial charge in [-0.15, -0.1) is 18.9 Å². The van der Waals surface area contributed by atoms with E-state index in [1.165, 1.54) is 6.26 Å². The zero-order chi connectivity index (χ0) is 37.8. The third-order valence-electron chi connectivity index (χ3n) is 11.9. The molecule has 4 rings (SSSR count). The summed E-state index contributed by atoms with van der Waals surface area (Å²) < 4.78 is 32.0. The lowest BCUT2D eigenvalue weighted by Gasteiger charge is -2.39. The molecule has 1 aliphatic heterocycles. The maximum absolute atomic E-state index is 14.6. The van der Waals surface area contributed by atoms with E-state index in [4.69, 9.17) is 10.8 Å². The molecule has 2 heterocycles. The SMILES string of the molecule is C#CCCC(CC(=O)[C@@H]1[C@@H]2C(CN1C(=O)[C@@H](CC(=O)CC1(CS(=O)(=O)Cc3ccco3)CCCCC1)C(C)(C)C)C2(C)C)C(=O)C(=O)CCC=C. The molecule has 0 N–H and O–H groups in total. The van der Waals surface area contributed by atoms with Gasteiger partial charge in [0.05, 0.1) is 18.1 Å². The first-order valence-electron chi connectivity index (χ1n) is 18.5. The van der Waals surface area contributed by atoms with Crippen LogP contribution in [-0.2, 0) is 39.6 Å². The van der Waals surface area contributed by atoms with E-state index in [9.17, 15) is 32.4 Å². The van der Waals surface area contributed by atoms with E-state index >= 15 is 0 Å². The Morgan fingerprint density at radius 2 is 1.80 bits per heavy atom. The standard InChI is InChI=1S/C41H57NO8S/c1-8-10-16-28(37(46)33(44)18-11-9-2)22-34(45)36-35-32(40(35,6)7)25-42(36)38(47)31(39(3,4)5)23-29(43)24-41(19-13-12-14-20-41)27-51(48,49)26-30-17-15-21-50-30/h1,9,15,17,21,28,31-32,35-36H,2,10-14,16,18-20,22-27H2,3-7H3/t28?,31-,32?,35+,36-/m1/s1. The molecule has 0 radical (unpaired) electrons. The van der Waals surface area contributed by atoms with Crippen LogP contribution in [0.15, 0.2) is 35.5 Å². The fourth-order valence-corrected chi connectivity index (χ4v) is 10.9. The number of ketones is 4.